The van der Waals surface area contributed by atoms with Crippen LogP contribution in [0.2, 0.25) is 0 Å². The number of ether oxygens (including phenoxy) is 1. The van der Waals surface area contributed by atoms with Crippen LogP contribution in [-0.2, 0) is 6.61 Å². The average molecular weight is 388 g/mol. The lowest BCUT2D eigenvalue weighted by Gasteiger charge is -2.07. The lowest BCUT2D eigenvalue weighted by molar-refractivity contribution is 0.0929. The quantitative estimate of drug-likeness (QED) is 0.377. The van der Waals surface area contributed by atoms with Gasteiger partial charge in [-0.25, -0.2) is 9.82 Å². The van der Waals surface area contributed by atoms with E-state index in [0.29, 0.717) is 16.9 Å². The van der Waals surface area contributed by atoms with Crippen LogP contribution in [0.15, 0.2) is 88.4 Å². The van der Waals surface area contributed by atoms with E-state index in [1.54, 1.807) is 54.6 Å². The molecule has 0 saturated carbocycles. The summed E-state index contributed by atoms with van der Waals surface area (Å²) >= 11 is 0. The second kappa shape index (κ2) is 8.39. The maximum absolute atomic E-state index is 13.6. The van der Waals surface area contributed by atoms with Crippen molar-refractivity contribution in [3.63, 3.8) is 0 Å². The summed E-state index contributed by atoms with van der Waals surface area (Å²) in [5.41, 5.74) is 4.35. The van der Waals surface area contributed by atoms with Gasteiger partial charge >= 0.3 is 5.91 Å². The number of nitrogens with one attached hydrogen (secondary N) is 1. The number of carbonyl (C=O) groups excluding carboxylic acids is 1. The number of para-hydroxylation sites is 1. The first-order chi connectivity index (χ1) is 14.2. The number of hydrogen-bond acceptors (Lipinski definition) is 4. The Morgan fingerprint density at radius 3 is 2.59 bits per heavy atom. The van der Waals surface area contributed by atoms with Crippen molar-refractivity contribution in [3.05, 3.63) is 102 Å². The van der Waals surface area contributed by atoms with E-state index in [0.717, 1.165) is 10.9 Å². The van der Waals surface area contributed by atoms with E-state index in [1.165, 1.54) is 12.3 Å². The molecule has 1 aromatic heterocycles. The van der Waals surface area contributed by atoms with Crippen LogP contribution in [0.25, 0.3) is 11.0 Å². The molecule has 5 nitrogen and oxygen atoms in total. The third-order valence-corrected chi connectivity index (χ3v) is 4.26. The number of amides is 1. The van der Waals surface area contributed by atoms with Gasteiger partial charge in [-0.3, -0.25) is 4.79 Å². The minimum atomic E-state index is -0.428. The molecule has 0 aliphatic carbocycles. The molecule has 0 saturated heterocycles. The topological polar surface area (TPSA) is 63.8 Å². The molecule has 0 aliphatic rings. The van der Waals surface area contributed by atoms with Gasteiger partial charge in [-0.1, -0.05) is 36.4 Å². The van der Waals surface area contributed by atoms with Crippen molar-refractivity contribution in [2.45, 2.75) is 6.61 Å². The number of fused-ring (bicyclic) bond motifs is 1. The number of furan rings is 1. The SMILES string of the molecule is O=C(N/N=C/c1ccc(OCc2ccccc2F)cc1)c1cc2ccccc2o1. The Labute approximate surface area is 166 Å². The van der Waals surface area contributed by atoms with Crippen molar-refractivity contribution >= 4 is 23.1 Å². The predicted octanol–water partition coefficient (Wildman–Crippen LogP) is 4.91. The van der Waals surface area contributed by atoms with Gasteiger partial charge in [0.25, 0.3) is 0 Å². The van der Waals surface area contributed by atoms with Gasteiger partial charge in [0.05, 0.1) is 6.21 Å². The fourth-order valence-corrected chi connectivity index (χ4v) is 2.74. The third-order valence-electron chi connectivity index (χ3n) is 4.26. The lowest BCUT2D eigenvalue weighted by Crippen LogP contribution is -2.16. The number of nitrogens with zero attached hydrogens (tertiary/aromatic N) is 1. The minimum absolute atomic E-state index is 0.146. The molecule has 0 unspecified atom stereocenters. The molecule has 1 amide bonds. The van der Waals surface area contributed by atoms with Gasteiger partial charge in [0, 0.05) is 10.9 Å². The number of hydrogen-bond donors (Lipinski definition) is 1. The molecule has 0 spiro atoms. The number of benzene rings is 3. The molecule has 1 N–H and O–H groups in total. The van der Waals surface area contributed by atoms with Gasteiger partial charge in [-0.2, -0.15) is 5.10 Å². The Morgan fingerprint density at radius 2 is 1.79 bits per heavy atom. The predicted molar refractivity (Wildman–Crippen MR) is 108 cm³/mol. The van der Waals surface area contributed by atoms with E-state index in [4.69, 9.17) is 9.15 Å². The van der Waals surface area contributed by atoms with Crippen LogP contribution < -0.4 is 10.2 Å². The molecule has 0 bridgehead atoms. The molecule has 0 atom stereocenters. The lowest BCUT2D eigenvalue weighted by atomic mass is 10.2. The zero-order chi connectivity index (χ0) is 20.1. The summed E-state index contributed by atoms with van der Waals surface area (Å²) < 4.78 is 24.7. The van der Waals surface area contributed by atoms with Crippen LogP contribution in [0.3, 0.4) is 0 Å². The normalized spacial score (nSPS) is 11.1. The summed E-state index contributed by atoms with van der Waals surface area (Å²) in [5, 5.41) is 4.80. The Kier molecular flexibility index (Phi) is 5.33. The Balaban J connectivity index is 1.32. The molecule has 0 aliphatic heterocycles. The molecule has 1 heterocycles. The molecule has 4 rings (SSSR count). The van der Waals surface area contributed by atoms with E-state index in [1.807, 2.05) is 18.2 Å². The summed E-state index contributed by atoms with van der Waals surface area (Å²) in [5.74, 6) is 0.0793. The maximum atomic E-state index is 13.6. The first-order valence-electron chi connectivity index (χ1n) is 8.97. The molecule has 4 aromatic rings. The van der Waals surface area contributed by atoms with E-state index in [-0.39, 0.29) is 18.2 Å². The number of hydrazone groups is 1. The molecule has 144 valence electrons. The highest BCUT2D eigenvalue weighted by Gasteiger charge is 2.10. The van der Waals surface area contributed by atoms with Crippen LogP contribution in [0.4, 0.5) is 4.39 Å². The highest BCUT2D eigenvalue weighted by atomic mass is 19.1. The second-order valence-electron chi connectivity index (χ2n) is 6.30. The molecule has 6 heteroatoms. The van der Waals surface area contributed by atoms with Gasteiger partial charge in [0.15, 0.2) is 5.76 Å². The Hall–Kier alpha value is -3.93. The van der Waals surface area contributed by atoms with E-state index < -0.39 is 5.91 Å². The van der Waals surface area contributed by atoms with Crippen molar-refractivity contribution in [2.24, 2.45) is 5.10 Å². The van der Waals surface area contributed by atoms with Crippen LogP contribution in [-0.4, -0.2) is 12.1 Å². The highest BCUT2D eigenvalue weighted by molar-refractivity contribution is 5.96. The molecular weight excluding hydrogens is 371 g/mol. The number of carbonyl (C=O) groups is 1. The van der Waals surface area contributed by atoms with Crippen molar-refractivity contribution in [1.82, 2.24) is 5.43 Å². The average Bonchev–Trinajstić information content (AvgIpc) is 3.18. The smallest absolute Gasteiger partial charge is 0.307 e. The van der Waals surface area contributed by atoms with E-state index in [9.17, 15) is 9.18 Å². The highest BCUT2D eigenvalue weighted by Crippen LogP contribution is 2.18. The first kappa shape index (κ1) is 18.4. The summed E-state index contributed by atoms with van der Waals surface area (Å²) in [6, 6.07) is 22.6. The Morgan fingerprint density at radius 1 is 1.03 bits per heavy atom. The van der Waals surface area contributed by atoms with E-state index >= 15 is 0 Å². The summed E-state index contributed by atoms with van der Waals surface area (Å²) in [6.45, 7) is 0.146. The van der Waals surface area contributed by atoms with Gasteiger partial charge in [-0.05, 0) is 48.0 Å². The maximum Gasteiger partial charge on any atom is 0.307 e. The third kappa shape index (κ3) is 4.50. The van der Waals surface area contributed by atoms with E-state index in [2.05, 4.69) is 10.5 Å². The van der Waals surface area contributed by atoms with Crippen LogP contribution in [0.5, 0.6) is 5.75 Å². The number of rotatable bonds is 6. The zero-order valence-corrected chi connectivity index (χ0v) is 15.3. The summed E-state index contributed by atoms with van der Waals surface area (Å²) in [4.78, 5) is 12.1. The summed E-state index contributed by atoms with van der Waals surface area (Å²) in [6.07, 6.45) is 1.52. The Bertz CT molecular complexity index is 1130. The van der Waals surface area contributed by atoms with Gasteiger partial charge in [0.1, 0.15) is 23.8 Å². The van der Waals surface area contributed by atoms with Crippen molar-refractivity contribution < 1.29 is 18.3 Å². The van der Waals surface area contributed by atoms with Gasteiger partial charge in [-0.15, -0.1) is 0 Å². The zero-order valence-electron chi connectivity index (χ0n) is 15.3. The fourth-order valence-electron chi connectivity index (χ4n) is 2.74. The van der Waals surface area contributed by atoms with Crippen molar-refractivity contribution in [3.8, 4) is 5.75 Å². The standard InChI is InChI=1S/C23H17FN2O3/c24-20-7-3-1-6-18(20)15-28-19-11-9-16(10-12-19)14-25-26-23(27)22-13-17-5-2-4-8-21(17)29-22/h1-14H,15H2,(H,26,27)/b25-14+. The molecular formula is C23H17FN2O3. The van der Waals surface area contributed by atoms with Gasteiger partial charge < -0.3 is 9.15 Å². The van der Waals surface area contributed by atoms with Gasteiger partial charge in [0.2, 0.25) is 0 Å². The summed E-state index contributed by atoms with van der Waals surface area (Å²) in [7, 11) is 0. The largest absolute Gasteiger partial charge is 0.489 e. The molecule has 0 fully saturated rings. The van der Waals surface area contributed by atoms with Crippen molar-refractivity contribution in [2.75, 3.05) is 0 Å². The first-order valence-corrected chi connectivity index (χ1v) is 8.97. The van der Waals surface area contributed by atoms with Crippen LogP contribution >= 0.6 is 0 Å². The van der Waals surface area contributed by atoms with Crippen molar-refractivity contribution in [1.29, 1.82) is 0 Å². The minimum Gasteiger partial charge on any atom is -0.489 e. The van der Waals surface area contributed by atoms with Crippen LogP contribution in [0, 0.1) is 5.82 Å². The number of halogens is 1. The molecule has 3 aromatic carbocycles. The second-order valence-corrected chi connectivity index (χ2v) is 6.30. The van der Waals surface area contributed by atoms with Crippen LogP contribution in [0.1, 0.15) is 21.7 Å². The monoisotopic (exact) mass is 388 g/mol. The molecule has 0 radical (unpaired) electrons. The fraction of sp³-hybridized carbons (Fsp3) is 0.0435. The molecule has 29 heavy (non-hydrogen) atoms.